The molecule has 1 aromatic heterocycles. The summed E-state index contributed by atoms with van der Waals surface area (Å²) >= 11 is 0. The van der Waals surface area contributed by atoms with Crippen LogP contribution in [0.2, 0.25) is 0 Å². The Bertz CT molecular complexity index is 751. The number of para-hydroxylation sites is 1. The van der Waals surface area contributed by atoms with E-state index >= 15 is 0 Å². The Morgan fingerprint density at radius 2 is 2.17 bits per heavy atom. The summed E-state index contributed by atoms with van der Waals surface area (Å²) in [5.74, 6) is -0.405. The number of aryl methyl sites for hydroxylation is 1. The van der Waals surface area contributed by atoms with Crippen molar-refractivity contribution in [3.05, 3.63) is 47.3 Å². The molecule has 1 amide bonds. The van der Waals surface area contributed by atoms with E-state index in [4.69, 9.17) is 4.74 Å². The monoisotopic (exact) mass is 313 g/mol. The maximum atomic E-state index is 12.2. The van der Waals surface area contributed by atoms with Gasteiger partial charge in [-0.1, -0.05) is 18.2 Å². The van der Waals surface area contributed by atoms with Gasteiger partial charge < -0.3 is 10.1 Å². The normalized spacial score (nSPS) is 17.1. The minimum absolute atomic E-state index is 0.00889. The molecular weight excluding hydrogens is 294 g/mol. The van der Waals surface area contributed by atoms with Crippen LogP contribution < -0.4 is 5.32 Å². The molecule has 6 heteroatoms. The maximum Gasteiger partial charge on any atom is 0.341 e. The van der Waals surface area contributed by atoms with Crippen molar-refractivity contribution in [3.8, 4) is 5.69 Å². The molecule has 0 aliphatic carbocycles. The van der Waals surface area contributed by atoms with E-state index in [1.807, 2.05) is 38.1 Å². The number of hydrogen-bond acceptors (Lipinski definition) is 4. The Hall–Kier alpha value is -2.63. The molecular formula is C17H19N3O3. The van der Waals surface area contributed by atoms with E-state index in [1.165, 1.54) is 6.20 Å². The fourth-order valence-electron chi connectivity index (χ4n) is 2.71. The molecule has 1 fully saturated rings. The number of nitrogens with one attached hydrogen (secondary N) is 1. The predicted molar refractivity (Wildman–Crippen MR) is 84.5 cm³/mol. The van der Waals surface area contributed by atoms with Gasteiger partial charge in [0.1, 0.15) is 12.2 Å². The number of ether oxygens (including phenoxy) is 1. The lowest BCUT2D eigenvalue weighted by atomic mass is 10.2. The van der Waals surface area contributed by atoms with Crippen LogP contribution in [0.15, 0.2) is 30.5 Å². The molecule has 0 spiro atoms. The number of hydrogen-bond donors (Lipinski definition) is 1. The van der Waals surface area contributed by atoms with Gasteiger partial charge in [0.05, 0.1) is 23.6 Å². The highest BCUT2D eigenvalue weighted by molar-refractivity contribution is 5.90. The zero-order valence-electron chi connectivity index (χ0n) is 13.2. The van der Waals surface area contributed by atoms with Crippen LogP contribution in [0.3, 0.4) is 0 Å². The van der Waals surface area contributed by atoms with Crippen molar-refractivity contribution in [1.29, 1.82) is 0 Å². The number of esters is 1. The number of aromatic nitrogens is 2. The zero-order chi connectivity index (χ0) is 16.4. The van der Waals surface area contributed by atoms with Crippen LogP contribution in [0.1, 0.15) is 34.5 Å². The Morgan fingerprint density at radius 3 is 2.87 bits per heavy atom. The first-order valence-electron chi connectivity index (χ1n) is 7.63. The second kappa shape index (κ2) is 6.24. The van der Waals surface area contributed by atoms with Crippen molar-refractivity contribution in [2.45, 2.75) is 32.7 Å². The number of carbonyl (C=O) groups is 2. The Labute approximate surface area is 134 Å². The van der Waals surface area contributed by atoms with Crippen molar-refractivity contribution in [1.82, 2.24) is 15.1 Å². The van der Waals surface area contributed by atoms with E-state index in [0.29, 0.717) is 18.4 Å². The lowest BCUT2D eigenvalue weighted by molar-refractivity contribution is -0.119. The van der Waals surface area contributed by atoms with Gasteiger partial charge in [-0.05, 0) is 31.9 Å². The number of amides is 1. The SMILES string of the molecule is Cc1ccccc1-n1ncc(C(=O)OCC2CCC(=O)N2)c1C. The minimum atomic E-state index is -0.413. The van der Waals surface area contributed by atoms with E-state index < -0.39 is 5.97 Å². The molecule has 1 N–H and O–H groups in total. The first-order chi connectivity index (χ1) is 11.1. The summed E-state index contributed by atoms with van der Waals surface area (Å²) in [6, 6.07) is 7.76. The van der Waals surface area contributed by atoms with Gasteiger partial charge in [0.15, 0.2) is 0 Å². The van der Waals surface area contributed by atoms with E-state index in [9.17, 15) is 9.59 Å². The zero-order valence-corrected chi connectivity index (χ0v) is 13.2. The van der Waals surface area contributed by atoms with Gasteiger partial charge in [-0.25, -0.2) is 9.48 Å². The molecule has 0 bridgehead atoms. The van der Waals surface area contributed by atoms with Crippen molar-refractivity contribution in [3.63, 3.8) is 0 Å². The summed E-state index contributed by atoms with van der Waals surface area (Å²) in [6.07, 6.45) is 2.72. The topological polar surface area (TPSA) is 73.2 Å². The standard InChI is InChI=1S/C17H19N3O3/c1-11-5-3-4-6-15(11)20-12(2)14(9-18-20)17(22)23-10-13-7-8-16(21)19-13/h3-6,9,13H,7-8,10H2,1-2H3,(H,19,21). The third kappa shape index (κ3) is 3.11. The largest absolute Gasteiger partial charge is 0.460 e. The van der Waals surface area contributed by atoms with Crippen LogP contribution in [0, 0.1) is 13.8 Å². The van der Waals surface area contributed by atoms with Crippen molar-refractivity contribution in [2.24, 2.45) is 0 Å². The molecule has 2 heterocycles. The first-order valence-corrected chi connectivity index (χ1v) is 7.63. The quantitative estimate of drug-likeness (QED) is 0.875. The molecule has 1 aromatic carbocycles. The summed E-state index contributed by atoms with van der Waals surface area (Å²) in [6.45, 7) is 4.03. The molecule has 1 unspecified atom stereocenters. The van der Waals surface area contributed by atoms with Gasteiger partial charge in [-0.3, -0.25) is 4.79 Å². The highest BCUT2D eigenvalue weighted by Crippen LogP contribution is 2.18. The van der Waals surface area contributed by atoms with E-state index in [0.717, 1.165) is 16.9 Å². The lowest BCUT2D eigenvalue weighted by Gasteiger charge is -2.11. The van der Waals surface area contributed by atoms with Crippen LogP contribution in [-0.4, -0.2) is 34.3 Å². The van der Waals surface area contributed by atoms with E-state index in [2.05, 4.69) is 10.4 Å². The Morgan fingerprint density at radius 1 is 1.39 bits per heavy atom. The minimum Gasteiger partial charge on any atom is -0.460 e. The van der Waals surface area contributed by atoms with Crippen LogP contribution in [0.4, 0.5) is 0 Å². The van der Waals surface area contributed by atoms with Crippen molar-refractivity contribution in [2.75, 3.05) is 6.61 Å². The molecule has 1 saturated heterocycles. The average Bonchev–Trinajstić information content (AvgIpc) is 3.12. The molecule has 1 aliphatic heterocycles. The van der Waals surface area contributed by atoms with Gasteiger partial charge in [0, 0.05) is 6.42 Å². The van der Waals surface area contributed by atoms with Crippen LogP contribution >= 0.6 is 0 Å². The second-order valence-corrected chi connectivity index (χ2v) is 5.74. The Kier molecular flexibility index (Phi) is 4.14. The van der Waals surface area contributed by atoms with Gasteiger partial charge in [0.25, 0.3) is 0 Å². The number of nitrogens with zero attached hydrogens (tertiary/aromatic N) is 2. The number of benzene rings is 1. The predicted octanol–water partition coefficient (Wildman–Crippen LogP) is 1.92. The van der Waals surface area contributed by atoms with Crippen molar-refractivity contribution < 1.29 is 14.3 Å². The average molecular weight is 313 g/mol. The number of rotatable bonds is 4. The summed E-state index contributed by atoms with van der Waals surface area (Å²) in [5, 5.41) is 7.08. The highest BCUT2D eigenvalue weighted by Gasteiger charge is 2.23. The maximum absolute atomic E-state index is 12.2. The number of carbonyl (C=O) groups excluding carboxylic acids is 2. The summed E-state index contributed by atoms with van der Waals surface area (Å²) in [4.78, 5) is 23.4. The van der Waals surface area contributed by atoms with Gasteiger partial charge in [-0.2, -0.15) is 5.10 Å². The van der Waals surface area contributed by atoms with Crippen LogP contribution in [0.5, 0.6) is 0 Å². The van der Waals surface area contributed by atoms with Crippen LogP contribution in [-0.2, 0) is 9.53 Å². The summed E-state index contributed by atoms with van der Waals surface area (Å²) in [7, 11) is 0. The summed E-state index contributed by atoms with van der Waals surface area (Å²) in [5.41, 5.74) is 3.19. The second-order valence-electron chi connectivity index (χ2n) is 5.74. The van der Waals surface area contributed by atoms with Gasteiger partial charge in [-0.15, -0.1) is 0 Å². The summed E-state index contributed by atoms with van der Waals surface area (Å²) < 4.78 is 7.05. The van der Waals surface area contributed by atoms with E-state index in [1.54, 1.807) is 4.68 Å². The first kappa shape index (κ1) is 15.3. The fourth-order valence-corrected chi connectivity index (χ4v) is 2.71. The van der Waals surface area contributed by atoms with Gasteiger partial charge >= 0.3 is 5.97 Å². The smallest absolute Gasteiger partial charge is 0.341 e. The van der Waals surface area contributed by atoms with E-state index in [-0.39, 0.29) is 18.6 Å². The molecule has 2 aromatic rings. The Balaban J connectivity index is 1.72. The molecule has 0 radical (unpaired) electrons. The molecule has 1 atom stereocenters. The third-order valence-electron chi connectivity index (χ3n) is 4.07. The molecule has 23 heavy (non-hydrogen) atoms. The van der Waals surface area contributed by atoms with Crippen molar-refractivity contribution >= 4 is 11.9 Å². The third-order valence-corrected chi connectivity index (χ3v) is 4.07. The van der Waals surface area contributed by atoms with Crippen LogP contribution in [0.25, 0.3) is 5.69 Å². The molecule has 0 saturated carbocycles. The molecule has 1 aliphatic rings. The molecule has 3 rings (SSSR count). The lowest BCUT2D eigenvalue weighted by Crippen LogP contribution is -2.30. The molecule has 120 valence electrons. The molecule has 6 nitrogen and oxygen atoms in total. The fraction of sp³-hybridized carbons (Fsp3) is 0.353. The highest BCUT2D eigenvalue weighted by atomic mass is 16.5. The van der Waals surface area contributed by atoms with Gasteiger partial charge in [0.2, 0.25) is 5.91 Å².